The molecule has 0 aliphatic rings. The highest BCUT2D eigenvalue weighted by Crippen LogP contribution is 2.35. The molecule has 20 heavy (non-hydrogen) atoms. The fourth-order valence-electron chi connectivity index (χ4n) is 1.60. The Morgan fingerprint density at radius 3 is 2.60 bits per heavy atom. The molecule has 4 nitrogen and oxygen atoms in total. The smallest absolute Gasteiger partial charge is 0.330 e. The summed E-state index contributed by atoms with van der Waals surface area (Å²) in [5, 5.41) is 10.8. The molecular formula is C13H14F3N3O. The lowest BCUT2D eigenvalue weighted by molar-refractivity contribution is -0.137. The Morgan fingerprint density at radius 2 is 2.05 bits per heavy atom. The van der Waals surface area contributed by atoms with Gasteiger partial charge in [0.25, 0.3) is 0 Å². The summed E-state index contributed by atoms with van der Waals surface area (Å²) in [6, 6.07) is 4.67. The number of rotatable bonds is 5. The van der Waals surface area contributed by atoms with Gasteiger partial charge in [-0.05, 0) is 37.6 Å². The van der Waals surface area contributed by atoms with Crippen LogP contribution in [0.1, 0.15) is 30.4 Å². The first kappa shape index (κ1) is 16.0. The zero-order chi connectivity index (χ0) is 15.2. The molecule has 0 fully saturated rings. The van der Waals surface area contributed by atoms with Crippen LogP contribution in [0.4, 0.5) is 18.9 Å². The predicted octanol–water partition coefficient (Wildman–Crippen LogP) is 2.64. The highest BCUT2D eigenvalue weighted by molar-refractivity contribution is 5.91. The Morgan fingerprint density at radius 1 is 1.35 bits per heavy atom. The van der Waals surface area contributed by atoms with Gasteiger partial charge in [-0.15, -0.1) is 0 Å². The van der Waals surface area contributed by atoms with Gasteiger partial charge in [-0.3, -0.25) is 4.79 Å². The molecule has 0 spiro atoms. The van der Waals surface area contributed by atoms with Crippen molar-refractivity contribution in [2.24, 2.45) is 5.73 Å². The molecule has 0 atom stereocenters. The maximum absolute atomic E-state index is 12.8. The van der Waals surface area contributed by atoms with E-state index in [2.05, 4.69) is 5.32 Å². The number of hydrogen-bond acceptors (Lipinski definition) is 3. The van der Waals surface area contributed by atoms with E-state index in [1.54, 1.807) is 6.07 Å². The first-order valence-electron chi connectivity index (χ1n) is 5.99. The zero-order valence-electron chi connectivity index (χ0n) is 10.6. The lowest BCUT2D eigenvalue weighted by atomic mass is 10.1. The van der Waals surface area contributed by atoms with Crippen LogP contribution in [-0.2, 0) is 11.0 Å². The Bertz CT molecular complexity index is 521. The molecule has 3 N–H and O–H groups in total. The monoisotopic (exact) mass is 285 g/mol. The fourth-order valence-corrected chi connectivity index (χ4v) is 1.60. The standard InChI is InChI=1S/C13H14F3N3O/c14-13(15,16)10-7-9(8-18)4-5-11(10)19-12(20)3-1-2-6-17/h4-5,7H,1-3,6,17H2,(H,19,20). The molecule has 0 radical (unpaired) electrons. The van der Waals surface area contributed by atoms with Gasteiger partial charge in [0.05, 0.1) is 22.9 Å². The molecule has 0 unspecified atom stereocenters. The topological polar surface area (TPSA) is 78.9 Å². The highest BCUT2D eigenvalue weighted by Gasteiger charge is 2.34. The van der Waals surface area contributed by atoms with Crippen molar-refractivity contribution in [1.82, 2.24) is 0 Å². The summed E-state index contributed by atoms with van der Waals surface area (Å²) in [6.07, 6.45) is -3.38. The van der Waals surface area contributed by atoms with E-state index < -0.39 is 17.6 Å². The van der Waals surface area contributed by atoms with Crippen LogP contribution < -0.4 is 11.1 Å². The summed E-state index contributed by atoms with van der Waals surface area (Å²) < 4.78 is 38.5. The van der Waals surface area contributed by atoms with Crippen LogP contribution in [-0.4, -0.2) is 12.5 Å². The Labute approximate surface area is 114 Å². The maximum atomic E-state index is 12.8. The molecule has 1 amide bonds. The molecule has 0 bridgehead atoms. The lowest BCUT2D eigenvalue weighted by Gasteiger charge is -2.14. The van der Waals surface area contributed by atoms with Gasteiger partial charge in [-0.25, -0.2) is 0 Å². The average Bonchev–Trinajstić information content (AvgIpc) is 2.38. The van der Waals surface area contributed by atoms with Crippen molar-refractivity contribution in [2.45, 2.75) is 25.4 Å². The molecule has 1 rings (SSSR count). The number of nitriles is 1. The summed E-state index contributed by atoms with van der Waals surface area (Å²) in [6.45, 7) is 0.429. The van der Waals surface area contributed by atoms with Crippen molar-refractivity contribution in [3.63, 3.8) is 0 Å². The molecule has 0 saturated carbocycles. The molecule has 1 aromatic carbocycles. The molecule has 7 heteroatoms. The molecule has 1 aromatic rings. The third-order valence-corrected chi connectivity index (χ3v) is 2.59. The number of amides is 1. The Kier molecular flexibility index (Phi) is 5.53. The van der Waals surface area contributed by atoms with E-state index in [0.29, 0.717) is 19.4 Å². The average molecular weight is 285 g/mol. The molecule has 108 valence electrons. The van der Waals surface area contributed by atoms with Gasteiger partial charge in [0.1, 0.15) is 0 Å². The first-order chi connectivity index (χ1) is 9.38. The van der Waals surface area contributed by atoms with Gasteiger partial charge in [-0.1, -0.05) is 0 Å². The molecule has 0 heterocycles. The summed E-state index contributed by atoms with van der Waals surface area (Å²) >= 11 is 0. The summed E-state index contributed by atoms with van der Waals surface area (Å²) in [5.74, 6) is -0.506. The Balaban J connectivity index is 2.89. The second kappa shape index (κ2) is 6.91. The van der Waals surface area contributed by atoms with Crippen molar-refractivity contribution in [1.29, 1.82) is 5.26 Å². The SMILES string of the molecule is N#Cc1ccc(NC(=O)CCCCN)c(C(F)(F)F)c1. The van der Waals surface area contributed by atoms with Crippen LogP contribution in [0, 0.1) is 11.3 Å². The minimum atomic E-state index is -4.63. The van der Waals surface area contributed by atoms with Gasteiger partial charge < -0.3 is 11.1 Å². The minimum Gasteiger partial charge on any atom is -0.330 e. The highest BCUT2D eigenvalue weighted by atomic mass is 19.4. The lowest BCUT2D eigenvalue weighted by Crippen LogP contribution is -2.16. The maximum Gasteiger partial charge on any atom is 0.418 e. The number of alkyl halides is 3. The van der Waals surface area contributed by atoms with E-state index >= 15 is 0 Å². The number of nitrogens with two attached hydrogens (primary N) is 1. The number of anilines is 1. The third-order valence-electron chi connectivity index (χ3n) is 2.59. The van der Waals surface area contributed by atoms with E-state index in [4.69, 9.17) is 11.0 Å². The number of benzene rings is 1. The zero-order valence-corrected chi connectivity index (χ0v) is 10.6. The predicted molar refractivity (Wildman–Crippen MR) is 67.7 cm³/mol. The second-order valence-electron chi connectivity index (χ2n) is 4.16. The van der Waals surface area contributed by atoms with Gasteiger partial charge in [-0.2, -0.15) is 18.4 Å². The van der Waals surface area contributed by atoms with Crippen molar-refractivity contribution in [3.05, 3.63) is 29.3 Å². The number of hydrogen-bond donors (Lipinski definition) is 2. The molecule has 0 aromatic heterocycles. The van der Waals surface area contributed by atoms with Gasteiger partial charge in [0.2, 0.25) is 5.91 Å². The number of nitrogens with one attached hydrogen (secondary N) is 1. The van der Waals surface area contributed by atoms with E-state index in [0.717, 1.165) is 12.1 Å². The second-order valence-corrected chi connectivity index (χ2v) is 4.16. The summed E-state index contributed by atoms with van der Waals surface area (Å²) in [7, 11) is 0. The molecule has 0 saturated heterocycles. The van der Waals surface area contributed by atoms with Gasteiger partial charge in [0.15, 0.2) is 0 Å². The van der Waals surface area contributed by atoms with Crippen LogP contribution in [0.3, 0.4) is 0 Å². The minimum absolute atomic E-state index is 0.106. The van der Waals surface area contributed by atoms with Crippen LogP contribution in [0.25, 0.3) is 0 Å². The number of carbonyl (C=O) groups is 1. The van der Waals surface area contributed by atoms with Crippen LogP contribution in [0.15, 0.2) is 18.2 Å². The number of nitrogens with zero attached hydrogens (tertiary/aromatic N) is 1. The van der Waals surface area contributed by atoms with E-state index in [9.17, 15) is 18.0 Å². The number of halogens is 3. The molecular weight excluding hydrogens is 271 g/mol. The molecule has 0 aliphatic heterocycles. The Hall–Kier alpha value is -2.07. The van der Waals surface area contributed by atoms with E-state index in [1.165, 1.54) is 6.07 Å². The van der Waals surface area contributed by atoms with Crippen LogP contribution in [0.2, 0.25) is 0 Å². The van der Waals surface area contributed by atoms with Crippen molar-refractivity contribution < 1.29 is 18.0 Å². The third kappa shape index (κ3) is 4.55. The number of carbonyl (C=O) groups excluding carboxylic acids is 1. The van der Waals surface area contributed by atoms with E-state index in [1.807, 2.05) is 0 Å². The normalized spacial score (nSPS) is 10.9. The van der Waals surface area contributed by atoms with Crippen molar-refractivity contribution in [3.8, 4) is 6.07 Å². The summed E-state index contributed by atoms with van der Waals surface area (Å²) in [4.78, 5) is 11.5. The number of unbranched alkanes of at least 4 members (excludes halogenated alkanes) is 1. The molecule has 0 aliphatic carbocycles. The fraction of sp³-hybridized carbons (Fsp3) is 0.385. The van der Waals surface area contributed by atoms with Gasteiger partial charge >= 0.3 is 6.18 Å². The largest absolute Gasteiger partial charge is 0.418 e. The van der Waals surface area contributed by atoms with Crippen molar-refractivity contribution in [2.75, 3.05) is 11.9 Å². The van der Waals surface area contributed by atoms with Crippen LogP contribution in [0.5, 0.6) is 0 Å². The van der Waals surface area contributed by atoms with E-state index in [-0.39, 0.29) is 17.7 Å². The quantitative estimate of drug-likeness (QED) is 0.816. The van der Waals surface area contributed by atoms with Crippen LogP contribution >= 0.6 is 0 Å². The summed E-state index contributed by atoms with van der Waals surface area (Å²) in [5.41, 5.74) is 3.79. The van der Waals surface area contributed by atoms with Gasteiger partial charge in [0, 0.05) is 6.42 Å². The van der Waals surface area contributed by atoms with Crippen molar-refractivity contribution >= 4 is 11.6 Å². The first-order valence-corrected chi connectivity index (χ1v) is 5.99.